The van der Waals surface area contributed by atoms with E-state index in [9.17, 15) is 18.0 Å². The number of benzene rings is 2. The number of hydrogen-bond acceptors (Lipinski definition) is 3. The number of para-hydroxylation sites is 1. The van der Waals surface area contributed by atoms with Gasteiger partial charge < -0.3 is 14.4 Å². The van der Waals surface area contributed by atoms with Crippen LogP contribution < -0.4 is 4.74 Å². The molecule has 1 amide bonds. The van der Waals surface area contributed by atoms with Gasteiger partial charge in [0, 0.05) is 36.8 Å². The molecule has 0 unspecified atom stereocenters. The van der Waals surface area contributed by atoms with Crippen molar-refractivity contribution in [3.8, 4) is 5.75 Å². The minimum atomic E-state index is -4.79. The largest absolute Gasteiger partial charge is 0.573 e. The molecular formula is C21H21BrF3NO3. The Hall–Kier alpha value is -2.06. The highest BCUT2D eigenvalue weighted by molar-refractivity contribution is 9.10. The van der Waals surface area contributed by atoms with Crippen LogP contribution in [0, 0.1) is 0 Å². The molecule has 2 aromatic carbocycles. The fourth-order valence-corrected chi connectivity index (χ4v) is 3.93. The highest BCUT2D eigenvalue weighted by atomic mass is 79.9. The normalized spacial score (nSPS) is 16.3. The van der Waals surface area contributed by atoms with E-state index in [1.165, 1.54) is 23.1 Å². The van der Waals surface area contributed by atoms with Crippen LogP contribution in [0.25, 0.3) is 0 Å². The summed E-state index contributed by atoms with van der Waals surface area (Å²) in [6, 6.07) is 13.4. The summed E-state index contributed by atoms with van der Waals surface area (Å²) in [7, 11) is 1.60. The minimum absolute atomic E-state index is 0.00419. The number of ether oxygens (including phenoxy) is 2. The zero-order valence-electron chi connectivity index (χ0n) is 15.8. The van der Waals surface area contributed by atoms with E-state index in [0.29, 0.717) is 31.6 Å². The van der Waals surface area contributed by atoms with E-state index < -0.39 is 11.8 Å². The lowest BCUT2D eigenvalue weighted by atomic mass is 9.73. The molecule has 1 fully saturated rings. The average Bonchev–Trinajstić information content (AvgIpc) is 2.69. The maximum absolute atomic E-state index is 13.5. The number of hydrogen-bond donors (Lipinski definition) is 0. The molecule has 0 radical (unpaired) electrons. The predicted molar refractivity (Wildman–Crippen MR) is 105 cm³/mol. The lowest BCUT2D eigenvalue weighted by Gasteiger charge is -2.39. The van der Waals surface area contributed by atoms with E-state index >= 15 is 0 Å². The summed E-state index contributed by atoms with van der Waals surface area (Å²) >= 11 is 3.40. The van der Waals surface area contributed by atoms with Gasteiger partial charge in [0.25, 0.3) is 0 Å². The first kappa shape index (κ1) is 21.6. The number of nitrogens with zero attached hydrogens (tertiary/aromatic N) is 1. The van der Waals surface area contributed by atoms with Gasteiger partial charge >= 0.3 is 6.36 Å². The molecule has 29 heavy (non-hydrogen) atoms. The monoisotopic (exact) mass is 471 g/mol. The van der Waals surface area contributed by atoms with Crippen LogP contribution in [0.4, 0.5) is 13.2 Å². The molecule has 1 saturated heterocycles. The van der Waals surface area contributed by atoms with E-state index in [1.807, 2.05) is 24.3 Å². The number of carbonyl (C=O) groups is 1. The second kappa shape index (κ2) is 8.75. The third kappa shape index (κ3) is 5.11. The van der Waals surface area contributed by atoms with Crippen molar-refractivity contribution in [2.24, 2.45) is 0 Å². The first-order valence-corrected chi connectivity index (χ1v) is 9.94. The van der Waals surface area contributed by atoms with Crippen molar-refractivity contribution in [3.05, 3.63) is 64.1 Å². The quantitative estimate of drug-likeness (QED) is 0.611. The Balaban J connectivity index is 1.87. The van der Waals surface area contributed by atoms with Gasteiger partial charge in [-0.1, -0.05) is 46.3 Å². The highest BCUT2D eigenvalue weighted by Crippen LogP contribution is 2.38. The van der Waals surface area contributed by atoms with E-state index in [-0.39, 0.29) is 18.2 Å². The molecule has 1 heterocycles. The third-order valence-corrected chi connectivity index (χ3v) is 5.63. The van der Waals surface area contributed by atoms with Crippen LogP contribution in [0.1, 0.15) is 24.0 Å². The first-order valence-electron chi connectivity index (χ1n) is 9.14. The lowest BCUT2D eigenvalue weighted by Crippen LogP contribution is -2.48. The predicted octanol–water partition coefficient (Wildman–Crippen LogP) is 5.05. The summed E-state index contributed by atoms with van der Waals surface area (Å²) in [5.41, 5.74) is 0.396. The SMILES string of the molecule is CN(Cc1ccccc1OC(F)(F)F)C(=O)C1(c2ccc(Br)cc2)CCOCC1. The molecule has 0 bridgehead atoms. The van der Waals surface area contributed by atoms with Gasteiger partial charge in [-0.3, -0.25) is 4.79 Å². The maximum Gasteiger partial charge on any atom is 0.573 e. The standard InChI is InChI=1S/C21H21BrF3NO3/c1-26(14-15-4-2-3-5-18(15)29-21(23,24)25)19(27)20(10-12-28-13-11-20)16-6-8-17(22)9-7-16/h2-9H,10-14H2,1H3. The molecule has 0 atom stereocenters. The highest BCUT2D eigenvalue weighted by Gasteiger charge is 2.43. The van der Waals surface area contributed by atoms with Crippen LogP contribution in [0.2, 0.25) is 0 Å². The summed E-state index contributed by atoms with van der Waals surface area (Å²) < 4.78 is 48.6. The van der Waals surface area contributed by atoms with Gasteiger partial charge in [-0.15, -0.1) is 13.2 Å². The number of carbonyl (C=O) groups excluding carboxylic acids is 1. The summed E-state index contributed by atoms with van der Waals surface area (Å²) in [5, 5.41) is 0. The van der Waals surface area contributed by atoms with Gasteiger partial charge in [-0.05, 0) is 36.6 Å². The molecule has 3 rings (SSSR count). The molecule has 0 N–H and O–H groups in total. The first-order chi connectivity index (χ1) is 13.7. The molecule has 156 valence electrons. The third-order valence-electron chi connectivity index (χ3n) is 5.11. The van der Waals surface area contributed by atoms with Crippen molar-refractivity contribution in [2.45, 2.75) is 31.2 Å². The molecule has 2 aromatic rings. The minimum Gasteiger partial charge on any atom is -0.405 e. The van der Waals surface area contributed by atoms with Crippen molar-refractivity contribution in [3.63, 3.8) is 0 Å². The average molecular weight is 472 g/mol. The van der Waals surface area contributed by atoms with Gasteiger partial charge in [0.15, 0.2) is 0 Å². The van der Waals surface area contributed by atoms with Crippen molar-refractivity contribution < 1.29 is 27.4 Å². The Kier molecular flexibility index (Phi) is 6.53. The Morgan fingerprint density at radius 3 is 2.38 bits per heavy atom. The molecule has 0 spiro atoms. The Labute approximate surface area is 175 Å². The number of amides is 1. The summed E-state index contributed by atoms with van der Waals surface area (Å²) in [5.74, 6) is -0.450. The molecule has 0 aliphatic carbocycles. The van der Waals surface area contributed by atoms with Crippen molar-refractivity contribution in [1.29, 1.82) is 0 Å². The molecular weight excluding hydrogens is 451 g/mol. The lowest BCUT2D eigenvalue weighted by molar-refractivity contribution is -0.275. The van der Waals surface area contributed by atoms with Gasteiger partial charge in [-0.25, -0.2) is 0 Å². The topological polar surface area (TPSA) is 38.8 Å². The summed E-state index contributed by atoms with van der Waals surface area (Å²) in [4.78, 5) is 15.0. The molecule has 4 nitrogen and oxygen atoms in total. The molecule has 1 aliphatic heterocycles. The zero-order chi connectivity index (χ0) is 21.1. The number of rotatable bonds is 5. The van der Waals surface area contributed by atoms with Crippen LogP contribution in [-0.2, 0) is 21.5 Å². The van der Waals surface area contributed by atoms with Crippen LogP contribution in [0.3, 0.4) is 0 Å². The van der Waals surface area contributed by atoms with Gasteiger partial charge in [0.2, 0.25) is 5.91 Å². The smallest absolute Gasteiger partial charge is 0.405 e. The molecule has 0 saturated carbocycles. The Morgan fingerprint density at radius 2 is 1.76 bits per heavy atom. The second-order valence-corrected chi connectivity index (χ2v) is 7.93. The van der Waals surface area contributed by atoms with E-state index in [4.69, 9.17) is 4.74 Å². The van der Waals surface area contributed by atoms with E-state index in [0.717, 1.165) is 10.0 Å². The van der Waals surface area contributed by atoms with Crippen molar-refractivity contribution in [2.75, 3.05) is 20.3 Å². The second-order valence-electron chi connectivity index (χ2n) is 7.02. The summed E-state index contributed by atoms with van der Waals surface area (Å²) in [6.45, 7) is 0.900. The van der Waals surface area contributed by atoms with Crippen molar-refractivity contribution >= 4 is 21.8 Å². The van der Waals surface area contributed by atoms with E-state index in [1.54, 1.807) is 13.1 Å². The van der Waals surface area contributed by atoms with Crippen molar-refractivity contribution in [1.82, 2.24) is 4.90 Å². The van der Waals surface area contributed by atoms with Crippen LogP contribution in [0.15, 0.2) is 53.0 Å². The summed E-state index contributed by atoms with van der Waals surface area (Å²) in [6.07, 6.45) is -3.77. The van der Waals surface area contributed by atoms with Crippen LogP contribution >= 0.6 is 15.9 Å². The molecule has 1 aliphatic rings. The van der Waals surface area contributed by atoms with Crippen LogP contribution in [-0.4, -0.2) is 37.4 Å². The number of halogens is 4. The zero-order valence-corrected chi connectivity index (χ0v) is 17.4. The maximum atomic E-state index is 13.5. The Bertz CT molecular complexity index is 849. The number of likely N-dealkylation sites (N-methyl/N-ethyl adjacent to an activating group) is 1. The van der Waals surface area contributed by atoms with Gasteiger partial charge in [0.05, 0.1) is 5.41 Å². The van der Waals surface area contributed by atoms with Crippen LogP contribution in [0.5, 0.6) is 5.75 Å². The number of alkyl halides is 3. The fourth-order valence-electron chi connectivity index (χ4n) is 3.67. The van der Waals surface area contributed by atoms with Gasteiger partial charge in [0.1, 0.15) is 5.75 Å². The van der Waals surface area contributed by atoms with Gasteiger partial charge in [-0.2, -0.15) is 0 Å². The fraction of sp³-hybridized carbons (Fsp3) is 0.381. The molecule has 8 heteroatoms. The van der Waals surface area contributed by atoms with E-state index in [2.05, 4.69) is 20.7 Å². The Morgan fingerprint density at radius 1 is 1.14 bits per heavy atom. The molecule has 0 aromatic heterocycles.